The number of nitrogens with one attached hydrogen (secondary N) is 2. The van der Waals surface area contributed by atoms with E-state index in [4.69, 9.17) is 10.6 Å². The zero-order chi connectivity index (χ0) is 13.5. The first kappa shape index (κ1) is 14.6. The molecule has 1 unspecified atom stereocenters. The standard InChI is InChI=1S/C9H18N6O2S/c1-6(2)17-9-13-7(11-4-5-18(3)16)12-8(14-9)15-10/h6H,4-5,10H2,1-3H3,(H2,11,12,13,14,15). The van der Waals surface area contributed by atoms with Crippen molar-refractivity contribution in [2.75, 3.05) is 29.3 Å². The first-order valence-corrected chi connectivity index (χ1v) is 7.17. The number of ether oxygens (including phenoxy) is 1. The first-order valence-electron chi connectivity index (χ1n) is 5.44. The van der Waals surface area contributed by atoms with E-state index in [-0.39, 0.29) is 18.1 Å². The minimum atomic E-state index is -0.866. The summed E-state index contributed by atoms with van der Waals surface area (Å²) >= 11 is 0. The van der Waals surface area contributed by atoms with Gasteiger partial charge >= 0.3 is 6.01 Å². The third-order valence-corrected chi connectivity index (χ3v) is 2.54. The number of nitrogens with two attached hydrogens (primary N) is 1. The van der Waals surface area contributed by atoms with Gasteiger partial charge in [0.25, 0.3) is 0 Å². The highest BCUT2D eigenvalue weighted by Crippen LogP contribution is 2.11. The maximum atomic E-state index is 10.9. The molecule has 0 aliphatic carbocycles. The molecule has 0 aliphatic rings. The van der Waals surface area contributed by atoms with Crippen molar-refractivity contribution < 1.29 is 8.95 Å². The number of rotatable bonds is 7. The van der Waals surface area contributed by atoms with Crippen LogP contribution >= 0.6 is 0 Å². The molecule has 9 heteroatoms. The molecule has 0 radical (unpaired) electrons. The number of anilines is 2. The molecule has 0 amide bonds. The Kier molecular flexibility index (Phi) is 5.72. The highest BCUT2D eigenvalue weighted by atomic mass is 32.2. The molecule has 0 aromatic carbocycles. The number of nitrogens with zero attached hydrogens (tertiary/aromatic N) is 3. The summed E-state index contributed by atoms with van der Waals surface area (Å²) in [6, 6.07) is 0.188. The molecule has 1 atom stereocenters. The number of hydrazine groups is 1. The molecule has 1 aromatic rings. The molecular formula is C9H18N6O2S. The molecule has 0 aliphatic heterocycles. The van der Waals surface area contributed by atoms with Crippen LogP contribution in [0.2, 0.25) is 0 Å². The van der Waals surface area contributed by atoms with Gasteiger partial charge in [0.2, 0.25) is 11.9 Å². The Labute approximate surface area is 108 Å². The number of aromatic nitrogens is 3. The average Bonchev–Trinajstić information content (AvgIpc) is 2.27. The normalized spacial score (nSPS) is 12.3. The predicted octanol–water partition coefficient (Wildman–Crippen LogP) is -0.265. The highest BCUT2D eigenvalue weighted by molar-refractivity contribution is 7.84. The van der Waals surface area contributed by atoms with Gasteiger partial charge in [-0.2, -0.15) is 15.0 Å². The van der Waals surface area contributed by atoms with E-state index in [1.807, 2.05) is 13.8 Å². The summed E-state index contributed by atoms with van der Waals surface area (Å²) in [6.45, 7) is 4.23. The van der Waals surface area contributed by atoms with Crippen molar-refractivity contribution in [3.8, 4) is 6.01 Å². The van der Waals surface area contributed by atoms with Crippen LogP contribution in [-0.2, 0) is 10.8 Å². The Morgan fingerprint density at radius 1 is 1.33 bits per heavy atom. The lowest BCUT2D eigenvalue weighted by Gasteiger charge is -2.10. The second-order valence-electron chi connectivity index (χ2n) is 3.78. The van der Waals surface area contributed by atoms with Crippen LogP contribution in [0.25, 0.3) is 0 Å². The minimum absolute atomic E-state index is 0.0472. The van der Waals surface area contributed by atoms with E-state index in [0.717, 1.165) is 0 Å². The van der Waals surface area contributed by atoms with Gasteiger partial charge in [-0.1, -0.05) is 0 Å². The van der Waals surface area contributed by atoms with Crippen molar-refractivity contribution in [2.24, 2.45) is 5.84 Å². The van der Waals surface area contributed by atoms with Crippen molar-refractivity contribution in [3.05, 3.63) is 0 Å². The molecule has 8 nitrogen and oxygen atoms in total. The number of nitrogen functional groups attached to an aromatic ring is 1. The molecule has 18 heavy (non-hydrogen) atoms. The molecule has 0 spiro atoms. The fourth-order valence-corrected chi connectivity index (χ4v) is 1.46. The third-order valence-electron chi connectivity index (χ3n) is 1.76. The maximum absolute atomic E-state index is 10.9. The molecule has 4 N–H and O–H groups in total. The summed E-state index contributed by atoms with van der Waals surface area (Å²) in [6.07, 6.45) is 1.59. The quantitative estimate of drug-likeness (QED) is 0.460. The molecule has 1 heterocycles. The van der Waals surface area contributed by atoms with Crippen molar-refractivity contribution in [2.45, 2.75) is 20.0 Å². The predicted molar refractivity (Wildman–Crippen MR) is 70.8 cm³/mol. The lowest BCUT2D eigenvalue weighted by molar-refractivity contribution is 0.222. The van der Waals surface area contributed by atoms with E-state index >= 15 is 0 Å². The first-order chi connectivity index (χ1) is 8.51. The van der Waals surface area contributed by atoms with Gasteiger partial charge in [-0.05, 0) is 13.8 Å². The van der Waals surface area contributed by atoms with Crippen LogP contribution < -0.4 is 21.3 Å². The Hall–Kier alpha value is -1.48. The molecule has 0 fully saturated rings. The van der Waals surface area contributed by atoms with Gasteiger partial charge in [0.15, 0.2) is 0 Å². The fourth-order valence-electron chi connectivity index (χ4n) is 1.07. The summed E-state index contributed by atoms with van der Waals surface area (Å²) in [5.41, 5.74) is 2.34. The maximum Gasteiger partial charge on any atom is 0.323 e. The Balaban J connectivity index is 2.73. The summed E-state index contributed by atoms with van der Waals surface area (Å²) in [4.78, 5) is 12.0. The second kappa shape index (κ2) is 7.07. The summed E-state index contributed by atoms with van der Waals surface area (Å²) in [5.74, 6) is 6.31. The Bertz CT molecular complexity index is 414. The van der Waals surface area contributed by atoms with Crippen LogP contribution in [0, 0.1) is 0 Å². The molecular weight excluding hydrogens is 256 g/mol. The van der Waals surface area contributed by atoms with E-state index in [1.54, 1.807) is 6.26 Å². The van der Waals surface area contributed by atoms with Crippen LogP contribution in [0.4, 0.5) is 11.9 Å². The van der Waals surface area contributed by atoms with Crippen molar-refractivity contribution in [1.29, 1.82) is 0 Å². The van der Waals surface area contributed by atoms with Crippen LogP contribution in [0.1, 0.15) is 13.8 Å². The minimum Gasteiger partial charge on any atom is -0.461 e. The summed E-state index contributed by atoms with van der Waals surface area (Å²) in [5, 5.41) is 2.93. The van der Waals surface area contributed by atoms with E-state index in [1.165, 1.54) is 0 Å². The molecule has 0 saturated carbocycles. The van der Waals surface area contributed by atoms with E-state index in [0.29, 0.717) is 18.2 Å². The van der Waals surface area contributed by atoms with E-state index < -0.39 is 10.8 Å². The lowest BCUT2D eigenvalue weighted by Crippen LogP contribution is -2.18. The van der Waals surface area contributed by atoms with Gasteiger partial charge in [0, 0.05) is 29.4 Å². The molecule has 0 bridgehead atoms. The van der Waals surface area contributed by atoms with Crippen LogP contribution in [0.15, 0.2) is 0 Å². The van der Waals surface area contributed by atoms with Gasteiger partial charge in [-0.15, -0.1) is 0 Å². The van der Waals surface area contributed by atoms with Crippen LogP contribution in [0.5, 0.6) is 6.01 Å². The Morgan fingerprint density at radius 2 is 2.00 bits per heavy atom. The lowest BCUT2D eigenvalue weighted by atomic mass is 10.5. The van der Waals surface area contributed by atoms with Gasteiger partial charge in [-0.25, -0.2) is 5.84 Å². The van der Waals surface area contributed by atoms with Gasteiger partial charge in [0.05, 0.1) is 6.10 Å². The van der Waals surface area contributed by atoms with Gasteiger partial charge in [-0.3, -0.25) is 9.63 Å². The number of hydrogen-bond acceptors (Lipinski definition) is 8. The zero-order valence-electron chi connectivity index (χ0n) is 10.6. The fraction of sp³-hybridized carbons (Fsp3) is 0.667. The smallest absolute Gasteiger partial charge is 0.323 e. The van der Waals surface area contributed by atoms with E-state index in [9.17, 15) is 4.21 Å². The SMILES string of the molecule is CC(C)Oc1nc(NN)nc(NCCS(C)=O)n1. The van der Waals surface area contributed by atoms with Crippen molar-refractivity contribution in [1.82, 2.24) is 15.0 Å². The average molecular weight is 274 g/mol. The van der Waals surface area contributed by atoms with Gasteiger partial charge < -0.3 is 10.1 Å². The van der Waals surface area contributed by atoms with Crippen molar-refractivity contribution in [3.63, 3.8) is 0 Å². The van der Waals surface area contributed by atoms with Gasteiger partial charge in [0.1, 0.15) is 0 Å². The molecule has 1 rings (SSSR count). The van der Waals surface area contributed by atoms with Crippen LogP contribution in [-0.4, -0.2) is 43.8 Å². The molecule has 102 valence electrons. The summed E-state index contributed by atoms with van der Waals surface area (Å²) < 4.78 is 16.3. The van der Waals surface area contributed by atoms with Crippen LogP contribution in [0.3, 0.4) is 0 Å². The molecule has 0 saturated heterocycles. The number of hydrogen-bond donors (Lipinski definition) is 3. The Morgan fingerprint density at radius 3 is 2.56 bits per heavy atom. The zero-order valence-corrected chi connectivity index (χ0v) is 11.5. The largest absolute Gasteiger partial charge is 0.461 e. The van der Waals surface area contributed by atoms with Crippen molar-refractivity contribution >= 4 is 22.7 Å². The summed E-state index contributed by atoms with van der Waals surface area (Å²) in [7, 11) is -0.866. The second-order valence-corrected chi connectivity index (χ2v) is 5.33. The monoisotopic (exact) mass is 274 g/mol. The topological polar surface area (TPSA) is 115 Å². The highest BCUT2D eigenvalue weighted by Gasteiger charge is 2.08. The van der Waals surface area contributed by atoms with E-state index in [2.05, 4.69) is 25.7 Å². The molecule has 1 aromatic heterocycles. The third kappa shape index (κ3) is 5.23.